The van der Waals surface area contributed by atoms with Crippen molar-refractivity contribution in [2.75, 3.05) is 41.3 Å². The highest BCUT2D eigenvalue weighted by molar-refractivity contribution is 6.47. The van der Waals surface area contributed by atoms with Gasteiger partial charge in [0.2, 0.25) is 0 Å². The molecule has 4 heterocycles. The second-order valence-corrected chi connectivity index (χ2v) is 10.1. The molecule has 0 unspecified atom stereocenters. The Hall–Kier alpha value is -4.98. The summed E-state index contributed by atoms with van der Waals surface area (Å²) in [6, 6.07) is 27.7. The molecule has 3 aromatic heterocycles. The number of benzene rings is 2. The highest BCUT2D eigenvalue weighted by atomic mass is 19.1. The fraction of sp³-hybridized carbons (Fsp3) is 0.182. The highest BCUT2D eigenvalue weighted by Crippen LogP contribution is 2.29. The van der Waals surface area contributed by atoms with E-state index in [4.69, 9.17) is 4.98 Å². The molecule has 1 fully saturated rings. The van der Waals surface area contributed by atoms with E-state index < -0.39 is 17.5 Å². The van der Waals surface area contributed by atoms with Crippen molar-refractivity contribution >= 4 is 34.4 Å². The number of carbonyl (C=O) groups is 2. The molecule has 1 aliphatic heterocycles. The molecule has 0 spiro atoms. The Kier molecular flexibility index (Phi) is 7.20. The van der Waals surface area contributed by atoms with Crippen molar-refractivity contribution in [3.8, 4) is 11.1 Å². The number of Topliss-reactive ketones (excluding diaryl/α,β-unsaturated/α-hetero) is 1. The normalized spacial score (nSPS) is 13.4. The molecular formula is C33H30FN5O2. The summed E-state index contributed by atoms with van der Waals surface area (Å²) in [5, 5.41) is 2.73. The Bertz CT molecular complexity index is 1710. The molecule has 1 amide bonds. The van der Waals surface area contributed by atoms with Gasteiger partial charge in [-0.05, 0) is 66.6 Å². The van der Waals surface area contributed by atoms with E-state index in [9.17, 15) is 14.0 Å². The minimum Gasteiger partial charge on any atom is -0.368 e. The van der Waals surface area contributed by atoms with Crippen LogP contribution in [0.1, 0.15) is 23.1 Å². The summed E-state index contributed by atoms with van der Waals surface area (Å²) in [5.41, 5.74) is 4.74. The second kappa shape index (κ2) is 11.3. The van der Waals surface area contributed by atoms with E-state index >= 15 is 0 Å². The summed E-state index contributed by atoms with van der Waals surface area (Å²) in [4.78, 5) is 35.9. The van der Waals surface area contributed by atoms with Gasteiger partial charge in [0.15, 0.2) is 0 Å². The maximum Gasteiger partial charge on any atom is 0.298 e. The van der Waals surface area contributed by atoms with Crippen molar-refractivity contribution in [1.82, 2.24) is 9.38 Å². The maximum absolute atomic E-state index is 14.1. The molecule has 0 atom stereocenters. The lowest BCUT2D eigenvalue weighted by atomic mass is 10.0. The van der Waals surface area contributed by atoms with Gasteiger partial charge in [0.1, 0.15) is 17.3 Å². The van der Waals surface area contributed by atoms with Crippen LogP contribution in [0.2, 0.25) is 0 Å². The van der Waals surface area contributed by atoms with Crippen molar-refractivity contribution in [2.24, 2.45) is 0 Å². The van der Waals surface area contributed by atoms with Crippen LogP contribution in [0.5, 0.6) is 0 Å². The molecule has 8 heteroatoms. The van der Waals surface area contributed by atoms with Gasteiger partial charge in [-0.3, -0.25) is 9.59 Å². The first-order valence-corrected chi connectivity index (χ1v) is 13.8. The number of pyridine rings is 2. The van der Waals surface area contributed by atoms with Crippen LogP contribution in [0.15, 0.2) is 97.2 Å². The lowest BCUT2D eigenvalue weighted by Gasteiger charge is -2.37. The predicted molar refractivity (Wildman–Crippen MR) is 160 cm³/mol. The third kappa shape index (κ3) is 5.41. The molecule has 2 aromatic carbocycles. The fourth-order valence-corrected chi connectivity index (χ4v) is 5.30. The number of nitrogens with zero attached hydrogens (tertiary/aromatic N) is 4. The van der Waals surface area contributed by atoms with Crippen LogP contribution in [0.4, 0.5) is 21.6 Å². The van der Waals surface area contributed by atoms with Crippen LogP contribution in [-0.2, 0) is 11.2 Å². The summed E-state index contributed by atoms with van der Waals surface area (Å²) >= 11 is 0. The molecule has 41 heavy (non-hydrogen) atoms. The smallest absolute Gasteiger partial charge is 0.298 e. The zero-order valence-electron chi connectivity index (χ0n) is 22.8. The Labute approximate surface area is 237 Å². The number of rotatable bonds is 7. The lowest BCUT2D eigenvalue weighted by molar-refractivity contribution is -0.112. The third-order valence-electron chi connectivity index (χ3n) is 7.49. The van der Waals surface area contributed by atoms with Crippen LogP contribution < -0.4 is 15.1 Å². The summed E-state index contributed by atoms with van der Waals surface area (Å²) in [6.07, 6.45) is 2.14. The number of carbonyl (C=O) groups excluding carboxylic acids is 2. The SMILES string of the molecule is CCc1cccc(N2CCN(c3ccc(NC(=O)C(=O)c4c(-c5ccccc5)cc5ccc(F)cn45)cc3)CC2)n1. The number of amides is 1. The van der Waals surface area contributed by atoms with Crippen molar-refractivity contribution < 1.29 is 14.0 Å². The molecule has 206 valence electrons. The van der Waals surface area contributed by atoms with Gasteiger partial charge in [0.05, 0.1) is 0 Å². The molecule has 0 bridgehead atoms. The van der Waals surface area contributed by atoms with Crippen LogP contribution in [0.25, 0.3) is 16.6 Å². The first-order valence-electron chi connectivity index (χ1n) is 13.8. The van der Waals surface area contributed by atoms with Crippen molar-refractivity contribution in [3.63, 3.8) is 0 Å². The van der Waals surface area contributed by atoms with Crippen molar-refractivity contribution in [2.45, 2.75) is 13.3 Å². The average molecular weight is 548 g/mol. The summed E-state index contributed by atoms with van der Waals surface area (Å²) in [6.45, 7) is 5.54. The fourth-order valence-electron chi connectivity index (χ4n) is 5.30. The Morgan fingerprint density at radius 1 is 0.854 bits per heavy atom. The van der Waals surface area contributed by atoms with E-state index in [1.54, 1.807) is 24.3 Å². The Morgan fingerprint density at radius 3 is 2.32 bits per heavy atom. The summed E-state index contributed by atoms with van der Waals surface area (Å²) in [5.74, 6) is -1.00. The van der Waals surface area contributed by atoms with Crippen LogP contribution in [0.3, 0.4) is 0 Å². The Morgan fingerprint density at radius 2 is 1.59 bits per heavy atom. The monoisotopic (exact) mass is 547 g/mol. The molecule has 1 N–H and O–H groups in total. The van der Waals surface area contributed by atoms with E-state index in [1.165, 1.54) is 16.7 Å². The first-order chi connectivity index (χ1) is 20.0. The van der Waals surface area contributed by atoms with Crippen LogP contribution >= 0.6 is 0 Å². The van der Waals surface area contributed by atoms with Gasteiger partial charge in [-0.25, -0.2) is 9.37 Å². The second-order valence-electron chi connectivity index (χ2n) is 10.1. The number of hydrogen-bond donors (Lipinski definition) is 1. The number of nitrogens with one attached hydrogen (secondary N) is 1. The van der Waals surface area contributed by atoms with Gasteiger partial charge in [-0.15, -0.1) is 0 Å². The number of aryl methyl sites for hydroxylation is 1. The average Bonchev–Trinajstić information content (AvgIpc) is 3.40. The van der Waals surface area contributed by atoms with E-state index in [0.717, 1.165) is 55.4 Å². The largest absolute Gasteiger partial charge is 0.368 e. The third-order valence-corrected chi connectivity index (χ3v) is 7.49. The number of anilines is 3. The van der Waals surface area contributed by atoms with Gasteiger partial charge in [-0.1, -0.05) is 43.3 Å². The molecule has 7 nitrogen and oxygen atoms in total. The van der Waals surface area contributed by atoms with E-state index in [2.05, 4.69) is 40.2 Å². The van der Waals surface area contributed by atoms with Crippen molar-refractivity contribution in [1.29, 1.82) is 0 Å². The molecule has 5 aromatic rings. The summed E-state index contributed by atoms with van der Waals surface area (Å²) in [7, 11) is 0. The number of hydrogen-bond acceptors (Lipinski definition) is 5. The lowest BCUT2D eigenvalue weighted by Crippen LogP contribution is -2.46. The maximum atomic E-state index is 14.1. The van der Waals surface area contributed by atoms with Gasteiger partial charge in [0, 0.05) is 60.5 Å². The highest BCUT2D eigenvalue weighted by Gasteiger charge is 2.25. The minimum atomic E-state index is -0.783. The standard InChI is InChI=1S/C33H30FN5O2/c1-2-25-9-6-10-30(35-25)38-19-17-37(18-20-38)27-15-12-26(13-16-27)36-33(41)32(40)31-29(23-7-4-3-5-8-23)21-28-14-11-24(34)22-39(28)31/h3-16,21-22H,2,17-20H2,1H3,(H,36,41). The quantitative estimate of drug-likeness (QED) is 0.205. The number of ketones is 1. The van der Waals surface area contributed by atoms with E-state index in [-0.39, 0.29) is 5.69 Å². The first kappa shape index (κ1) is 26.3. The van der Waals surface area contributed by atoms with E-state index in [1.807, 2.05) is 42.5 Å². The minimum absolute atomic E-state index is 0.122. The van der Waals surface area contributed by atoms with Gasteiger partial charge < -0.3 is 19.5 Å². The van der Waals surface area contributed by atoms with Crippen LogP contribution in [-0.4, -0.2) is 47.3 Å². The molecule has 0 radical (unpaired) electrons. The van der Waals surface area contributed by atoms with E-state index in [0.29, 0.717) is 16.8 Å². The number of halogens is 1. The molecule has 0 saturated carbocycles. The molecule has 6 rings (SSSR count). The molecule has 0 aliphatic carbocycles. The zero-order valence-corrected chi connectivity index (χ0v) is 22.8. The van der Waals surface area contributed by atoms with Crippen molar-refractivity contribution in [3.05, 3.63) is 114 Å². The predicted octanol–water partition coefficient (Wildman–Crippen LogP) is 5.85. The zero-order chi connectivity index (χ0) is 28.3. The van der Waals surface area contributed by atoms with Gasteiger partial charge in [0.25, 0.3) is 11.7 Å². The molecular weight excluding hydrogens is 517 g/mol. The van der Waals surface area contributed by atoms with Gasteiger partial charge >= 0.3 is 0 Å². The number of aromatic nitrogens is 2. The number of fused-ring (bicyclic) bond motifs is 1. The topological polar surface area (TPSA) is 70.0 Å². The Balaban J connectivity index is 1.15. The number of piperazine rings is 1. The molecule has 1 aliphatic rings. The van der Waals surface area contributed by atoms with Crippen LogP contribution in [0, 0.1) is 5.82 Å². The van der Waals surface area contributed by atoms with Gasteiger partial charge in [-0.2, -0.15) is 0 Å². The summed E-state index contributed by atoms with van der Waals surface area (Å²) < 4.78 is 15.6. The molecule has 1 saturated heterocycles.